The van der Waals surface area contributed by atoms with E-state index in [1.54, 1.807) is 0 Å². The molecule has 2 nitrogen and oxygen atoms in total. The van der Waals surface area contributed by atoms with E-state index in [0.717, 1.165) is 35.4 Å². The fraction of sp³-hybridized carbons (Fsp3) is 0.375. The topological polar surface area (TPSA) is 29.4 Å². The van der Waals surface area contributed by atoms with Crippen molar-refractivity contribution in [1.82, 2.24) is 0 Å². The standard InChI is InChI=1S/C16H13BrFNOS/c17-9-7-8(1-2-10(9)18)14-15-11(3-4-13(15)20)19-12-5-6-21-16(12)14/h1-2,7,14,16H,3-6H2/t14-,16?/m1/s1. The maximum atomic E-state index is 13.5. The lowest BCUT2D eigenvalue weighted by molar-refractivity contribution is -0.115. The van der Waals surface area contributed by atoms with Gasteiger partial charge in [0, 0.05) is 29.3 Å². The summed E-state index contributed by atoms with van der Waals surface area (Å²) in [5, 5.41) is 0.239. The predicted molar refractivity (Wildman–Crippen MR) is 86.4 cm³/mol. The number of benzene rings is 1. The third-order valence-electron chi connectivity index (χ3n) is 4.38. The minimum atomic E-state index is -0.269. The first kappa shape index (κ1) is 13.7. The molecule has 0 saturated carbocycles. The lowest BCUT2D eigenvalue weighted by atomic mass is 9.82. The van der Waals surface area contributed by atoms with Crippen LogP contribution in [-0.2, 0) is 4.79 Å². The Bertz CT molecular complexity index is 712. The van der Waals surface area contributed by atoms with Crippen LogP contribution < -0.4 is 0 Å². The summed E-state index contributed by atoms with van der Waals surface area (Å²) in [6, 6.07) is 5.10. The highest BCUT2D eigenvalue weighted by Crippen LogP contribution is 2.48. The molecule has 1 aliphatic carbocycles. The number of ketones is 1. The molecule has 1 saturated heterocycles. The van der Waals surface area contributed by atoms with E-state index in [0.29, 0.717) is 10.9 Å². The van der Waals surface area contributed by atoms with Gasteiger partial charge in [0.05, 0.1) is 9.72 Å². The van der Waals surface area contributed by atoms with Gasteiger partial charge in [0.15, 0.2) is 5.78 Å². The fourth-order valence-electron chi connectivity index (χ4n) is 3.44. The summed E-state index contributed by atoms with van der Waals surface area (Å²) >= 11 is 5.12. The van der Waals surface area contributed by atoms with E-state index in [4.69, 9.17) is 4.99 Å². The van der Waals surface area contributed by atoms with Crippen LogP contribution in [0.15, 0.2) is 38.9 Å². The van der Waals surface area contributed by atoms with E-state index in [1.165, 1.54) is 11.8 Å². The first-order valence-electron chi connectivity index (χ1n) is 7.05. The zero-order chi connectivity index (χ0) is 14.6. The summed E-state index contributed by atoms with van der Waals surface area (Å²) in [5.74, 6) is 1.03. The molecule has 0 bridgehead atoms. The van der Waals surface area contributed by atoms with Gasteiger partial charge in [-0.15, -0.1) is 0 Å². The molecule has 0 aromatic heterocycles. The summed E-state index contributed by atoms with van der Waals surface area (Å²) in [5.41, 5.74) is 4.06. The molecule has 1 fully saturated rings. The smallest absolute Gasteiger partial charge is 0.161 e. The molecule has 1 aromatic carbocycles. The minimum Gasteiger partial charge on any atom is -0.294 e. The average Bonchev–Trinajstić information content (AvgIpc) is 3.07. The molecule has 2 aliphatic heterocycles. The van der Waals surface area contributed by atoms with Crippen molar-refractivity contribution in [3.05, 3.63) is 45.3 Å². The zero-order valence-electron chi connectivity index (χ0n) is 11.2. The largest absolute Gasteiger partial charge is 0.294 e. The van der Waals surface area contributed by atoms with Crippen LogP contribution in [-0.4, -0.2) is 22.5 Å². The summed E-state index contributed by atoms with van der Waals surface area (Å²) in [6.07, 6.45) is 2.32. The quantitative estimate of drug-likeness (QED) is 0.744. The highest BCUT2D eigenvalue weighted by Gasteiger charge is 2.43. The van der Waals surface area contributed by atoms with Gasteiger partial charge in [-0.05, 0) is 52.2 Å². The van der Waals surface area contributed by atoms with Crippen LogP contribution in [0.3, 0.4) is 0 Å². The van der Waals surface area contributed by atoms with E-state index >= 15 is 0 Å². The van der Waals surface area contributed by atoms with Gasteiger partial charge in [0.2, 0.25) is 0 Å². The van der Waals surface area contributed by atoms with Crippen LogP contribution >= 0.6 is 27.7 Å². The first-order valence-corrected chi connectivity index (χ1v) is 8.89. The number of aliphatic imine (C=N–C) groups is 1. The average molecular weight is 366 g/mol. The highest BCUT2D eigenvalue weighted by molar-refractivity contribution is 9.10. The molecule has 5 heteroatoms. The van der Waals surface area contributed by atoms with Gasteiger partial charge in [-0.1, -0.05) is 6.07 Å². The number of nitrogens with zero attached hydrogens (tertiary/aromatic N) is 1. The van der Waals surface area contributed by atoms with Crippen molar-refractivity contribution in [2.24, 2.45) is 4.99 Å². The molecule has 1 aromatic rings. The molecular weight excluding hydrogens is 353 g/mol. The second kappa shape index (κ2) is 5.06. The van der Waals surface area contributed by atoms with Crippen LogP contribution in [0.1, 0.15) is 30.7 Å². The van der Waals surface area contributed by atoms with Crippen LogP contribution in [0, 0.1) is 5.82 Å². The summed E-state index contributed by atoms with van der Waals surface area (Å²) in [7, 11) is 0. The predicted octanol–water partition coefficient (Wildman–Crippen LogP) is 4.25. The fourth-order valence-corrected chi connectivity index (χ4v) is 5.27. The Balaban J connectivity index is 1.86. The molecule has 0 spiro atoms. The second-order valence-corrected chi connectivity index (χ2v) is 7.68. The Hall–Kier alpha value is -0.940. The molecule has 0 amide bonds. The third-order valence-corrected chi connectivity index (χ3v) is 6.33. The molecule has 2 heterocycles. The number of hydrogen-bond acceptors (Lipinski definition) is 3. The van der Waals surface area contributed by atoms with E-state index in [9.17, 15) is 9.18 Å². The molecule has 3 aliphatic rings. The lowest BCUT2D eigenvalue weighted by Crippen LogP contribution is -2.28. The van der Waals surface area contributed by atoms with Crippen LogP contribution in [0.25, 0.3) is 0 Å². The molecule has 4 rings (SSSR count). The monoisotopic (exact) mass is 365 g/mol. The molecule has 21 heavy (non-hydrogen) atoms. The minimum absolute atomic E-state index is 0.0342. The molecule has 1 unspecified atom stereocenters. The van der Waals surface area contributed by atoms with Crippen molar-refractivity contribution in [2.75, 3.05) is 5.75 Å². The zero-order valence-corrected chi connectivity index (χ0v) is 13.6. The summed E-state index contributed by atoms with van der Waals surface area (Å²) in [6.45, 7) is 0. The van der Waals surface area contributed by atoms with E-state index in [-0.39, 0.29) is 22.8 Å². The van der Waals surface area contributed by atoms with Gasteiger partial charge in [-0.2, -0.15) is 11.8 Å². The number of Topliss-reactive ketones (excluding diaryl/α,β-unsaturated/α-hetero) is 1. The van der Waals surface area contributed by atoms with Gasteiger partial charge < -0.3 is 0 Å². The number of rotatable bonds is 1. The normalized spacial score (nSPS) is 27.7. The van der Waals surface area contributed by atoms with Crippen molar-refractivity contribution >= 4 is 39.2 Å². The molecule has 0 radical (unpaired) electrons. The Morgan fingerprint density at radius 3 is 2.95 bits per heavy atom. The van der Waals surface area contributed by atoms with E-state index < -0.39 is 0 Å². The van der Waals surface area contributed by atoms with Gasteiger partial charge in [-0.25, -0.2) is 4.39 Å². The Morgan fingerprint density at radius 2 is 2.14 bits per heavy atom. The third kappa shape index (κ3) is 2.13. The number of thioether (sulfide) groups is 1. The Morgan fingerprint density at radius 1 is 1.29 bits per heavy atom. The Labute approximate surface area is 135 Å². The van der Waals surface area contributed by atoms with Gasteiger partial charge in [0.1, 0.15) is 5.82 Å². The SMILES string of the molecule is O=C1CCC2=C1[C@@H](c1ccc(F)c(Br)c1)C1SCCC1=N2. The molecule has 108 valence electrons. The number of hydrogen-bond donors (Lipinski definition) is 0. The molecular formula is C16H13BrFNOS. The lowest BCUT2D eigenvalue weighted by Gasteiger charge is -2.29. The van der Waals surface area contributed by atoms with Crippen LogP contribution in [0.5, 0.6) is 0 Å². The summed E-state index contributed by atoms with van der Waals surface area (Å²) < 4.78 is 14.0. The van der Waals surface area contributed by atoms with E-state index in [2.05, 4.69) is 15.9 Å². The number of allylic oxidation sites excluding steroid dienone is 2. The van der Waals surface area contributed by atoms with Gasteiger partial charge >= 0.3 is 0 Å². The van der Waals surface area contributed by atoms with Crippen LogP contribution in [0.2, 0.25) is 0 Å². The maximum Gasteiger partial charge on any atom is 0.161 e. The van der Waals surface area contributed by atoms with E-state index in [1.807, 2.05) is 23.9 Å². The van der Waals surface area contributed by atoms with Crippen LogP contribution in [0.4, 0.5) is 4.39 Å². The number of carbonyl (C=O) groups excluding carboxylic acids is 1. The highest BCUT2D eigenvalue weighted by atomic mass is 79.9. The maximum absolute atomic E-state index is 13.5. The summed E-state index contributed by atoms with van der Waals surface area (Å²) in [4.78, 5) is 17.1. The van der Waals surface area contributed by atoms with Crippen molar-refractivity contribution in [1.29, 1.82) is 0 Å². The van der Waals surface area contributed by atoms with Gasteiger partial charge in [0.25, 0.3) is 0 Å². The number of carbonyl (C=O) groups is 1. The van der Waals surface area contributed by atoms with Crippen molar-refractivity contribution in [3.8, 4) is 0 Å². The number of fused-ring (bicyclic) bond motifs is 1. The second-order valence-electron chi connectivity index (χ2n) is 5.58. The number of halogens is 2. The van der Waals surface area contributed by atoms with Crippen molar-refractivity contribution < 1.29 is 9.18 Å². The first-order chi connectivity index (χ1) is 10.1. The Kier molecular flexibility index (Phi) is 3.30. The van der Waals surface area contributed by atoms with Gasteiger partial charge in [-0.3, -0.25) is 9.79 Å². The van der Waals surface area contributed by atoms with Crippen molar-refractivity contribution in [3.63, 3.8) is 0 Å². The molecule has 0 N–H and O–H groups in total. The molecule has 2 atom stereocenters. The van der Waals surface area contributed by atoms with Crippen molar-refractivity contribution in [2.45, 2.75) is 30.4 Å².